The van der Waals surface area contributed by atoms with Crippen molar-refractivity contribution in [1.82, 2.24) is 14.9 Å². The van der Waals surface area contributed by atoms with Crippen LogP contribution in [-0.4, -0.2) is 46.5 Å². The molecule has 2 heterocycles. The molecule has 1 unspecified atom stereocenters. The molecule has 0 radical (unpaired) electrons. The van der Waals surface area contributed by atoms with Gasteiger partial charge in [-0.05, 0) is 43.3 Å². The van der Waals surface area contributed by atoms with Gasteiger partial charge in [-0.3, -0.25) is 4.79 Å². The zero-order chi connectivity index (χ0) is 21.1. The van der Waals surface area contributed by atoms with Crippen LogP contribution in [0.2, 0.25) is 10.0 Å². The third kappa shape index (κ3) is 4.50. The van der Waals surface area contributed by atoms with E-state index >= 15 is 0 Å². The average molecular weight is 443 g/mol. The summed E-state index contributed by atoms with van der Waals surface area (Å²) >= 11 is 12.1. The van der Waals surface area contributed by atoms with Crippen LogP contribution in [0.15, 0.2) is 60.9 Å². The first-order valence-electron chi connectivity index (χ1n) is 9.57. The van der Waals surface area contributed by atoms with Crippen molar-refractivity contribution in [3.05, 3.63) is 76.5 Å². The zero-order valence-electron chi connectivity index (χ0n) is 16.3. The molecular formula is C22H20Cl2N4O2. The minimum Gasteiger partial charge on any atom is -0.439 e. The molecule has 30 heavy (non-hydrogen) atoms. The van der Waals surface area contributed by atoms with E-state index in [-0.39, 0.29) is 11.9 Å². The molecule has 6 nitrogen and oxygen atoms in total. The van der Waals surface area contributed by atoms with Gasteiger partial charge in [-0.2, -0.15) is 0 Å². The van der Waals surface area contributed by atoms with Crippen molar-refractivity contribution in [2.45, 2.75) is 13.0 Å². The second-order valence-corrected chi connectivity index (χ2v) is 7.89. The zero-order valence-corrected chi connectivity index (χ0v) is 17.8. The number of halogens is 2. The number of hydrogen-bond acceptors (Lipinski definition) is 5. The second-order valence-electron chi connectivity index (χ2n) is 7.04. The van der Waals surface area contributed by atoms with E-state index in [0.29, 0.717) is 46.9 Å². The first kappa shape index (κ1) is 20.4. The van der Waals surface area contributed by atoms with Crippen LogP contribution in [0, 0.1) is 0 Å². The molecule has 1 fully saturated rings. The molecule has 2 aromatic carbocycles. The van der Waals surface area contributed by atoms with E-state index in [2.05, 4.69) is 14.9 Å². The van der Waals surface area contributed by atoms with Crippen molar-refractivity contribution in [2.75, 3.05) is 24.5 Å². The largest absolute Gasteiger partial charge is 0.439 e. The molecule has 1 atom stereocenters. The Morgan fingerprint density at radius 3 is 2.57 bits per heavy atom. The van der Waals surface area contributed by atoms with Crippen molar-refractivity contribution in [2.24, 2.45) is 0 Å². The maximum absolute atomic E-state index is 12.9. The molecule has 0 bridgehead atoms. The molecule has 0 aliphatic carbocycles. The number of amides is 1. The number of carbonyl (C=O) groups is 1. The van der Waals surface area contributed by atoms with Gasteiger partial charge in [0.15, 0.2) is 0 Å². The molecular weight excluding hydrogens is 423 g/mol. The Labute approximate surface area is 185 Å². The number of hydrogen-bond donors (Lipinski definition) is 0. The van der Waals surface area contributed by atoms with Crippen LogP contribution < -0.4 is 9.64 Å². The van der Waals surface area contributed by atoms with Crippen LogP contribution in [0.3, 0.4) is 0 Å². The number of benzene rings is 2. The highest BCUT2D eigenvalue weighted by Gasteiger charge is 2.29. The van der Waals surface area contributed by atoms with Gasteiger partial charge in [-0.1, -0.05) is 35.3 Å². The minimum absolute atomic E-state index is 0.00174. The van der Waals surface area contributed by atoms with Gasteiger partial charge in [-0.15, -0.1) is 0 Å². The summed E-state index contributed by atoms with van der Waals surface area (Å²) in [5.74, 6) is 1.80. The molecule has 8 heteroatoms. The summed E-state index contributed by atoms with van der Waals surface area (Å²) in [6.07, 6.45) is 1.48. The Morgan fingerprint density at radius 2 is 1.83 bits per heavy atom. The summed E-state index contributed by atoms with van der Waals surface area (Å²) < 4.78 is 5.81. The fourth-order valence-corrected chi connectivity index (χ4v) is 3.78. The molecule has 0 saturated carbocycles. The van der Waals surface area contributed by atoms with Gasteiger partial charge >= 0.3 is 0 Å². The topological polar surface area (TPSA) is 58.6 Å². The van der Waals surface area contributed by atoms with Gasteiger partial charge in [0.05, 0.1) is 10.6 Å². The summed E-state index contributed by atoms with van der Waals surface area (Å²) in [7, 11) is 0. The van der Waals surface area contributed by atoms with Crippen molar-refractivity contribution >= 4 is 34.9 Å². The van der Waals surface area contributed by atoms with E-state index in [1.165, 1.54) is 6.33 Å². The lowest BCUT2D eigenvalue weighted by Crippen LogP contribution is -2.54. The van der Waals surface area contributed by atoms with Crippen LogP contribution in [0.1, 0.15) is 17.3 Å². The minimum atomic E-state index is -0.0535. The molecule has 1 saturated heterocycles. The average Bonchev–Trinajstić information content (AvgIpc) is 2.75. The molecule has 1 amide bonds. The van der Waals surface area contributed by atoms with E-state index in [1.54, 1.807) is 42.5 Å². The summed E-state index contributed by atoms with van der Waals surface area (Å²) in [5.41, 5.74) is 0.528. The number of anilines is 1. The lowest BCUT2D eigenvalue weighted by molar-refractivity contribution is 0.0674. The smallest absolute Gasteiger partial charge is 0.255 e. The Morgan fingerprint density at radius 1 is 1.07 bits per heavy atom. The van der Waals surface area contributed by atoms with Gasteiger partial charge in [0, 0.05) is 36.8 Å². The van der Waals surface area contributed by atoms with Gasteiger partial charge in [0.1, 0.15) is 17.9 Å². The van der Waals surface area contributed by atoms with Crippen molar-refractivity contribution < 1.29 is 9.53 Å². The van der Waals surface area contributed by atoms with Crippen LogP contribution in [0.25, 0.3) is 0 Å². The normalized spacial score (nSPS) is 16.4. The Bertz CT molecular complexity index is 1050. The third-order valence-electron chi connectivity index (χ3n) is 4.98. The molecule has 1 aromatic heterocycles. The Kier molecular flexibility index (Phi) is 6.06. The van der Waals surface area contributed by atoms with Crippen LogP contribution in [0.5, 0.6) is 11.6 Å². The van der Waals surface area contributed by atoms with Crippen molar-refractivity contribution in [3.8, 4) is 11.6 Å². The van der Waals surface area contributed by atoms with E-state index in [9.17, 15) is 4.79 Å². The number of carbonyl (C=O) groups excluding carboxylic acids is 1. The maximum atomic E-state index is 12.9. The van der Waals surface area contributed by atoms with Crippen LogP contribution >= 0.6 is 23.2 Å². The Hall–Kier alpha value is -2.83. The van der Waals surface area contributed by atoms with Gasteiger partial charge < -0.3 is 14.5 Å². The number of piperazine rings is 1. The fraction of sp³-hybridized carbons (Fsp3) is 0.227. The number of rotatable bonds is 4. The standard InChI is InChI=1S/C22H20Cl2N4O2/c1-15-13-27(10-11-28(15)22(29)18-4-2-3-5-19(18)24)20-12-21(26-14-25-20)30-17-8-6-16(23)7-9-17/h2-9,12,14-15H,10-11,13H2,1H3. The quantitative estimate of drug-likeness (QED) is 0.573. The van der Waals surface area contributed by atoms with Gasteiger partial charge in [0.2, 0.25) is 5.88 Å². The predicted octanol–water partition coefficient (Wildman–Crippen LogP) is 4.93. The van der Waals surface area contributed by atoms with E-state index < -0.39 is 0 Å². The molecule has 1 aliphatic heterocycles. The monoisotopic (exact) mass is 442 g/mol. The van der Waals surface area contributed by atoms with Crippen LogP contribution in [0.4, 0.5) is 5.82 Å². The Balaban J connectivity index is 1.45. The summed E-state index contributed by atoms with van der Waals surface area (Å²) in [6, 6.07) is 16.0. The lowest BCUT2D eigenvalue weighted by Gasteiger charge is -2.40. The first-order valence-corrected chi connectivity index (χ1v) is 10.3. The fourth-order valence-electron chi connectivity index (χ4n) is 3.44. The lowest BCUT2D eigenvalue weighted by atomic mass is 10.1. The molecule has 3 aromatic rings. The molecule has 154 valence electrons. The molecule has 0 spiro atoms. The van der Waals surface area contributed by atoms with Gasteiger partial charge in [-0.25, -0.2) is 9.97 Å². The second kappa shape index (κ2) is 8.90. The number of ether oxygens (including phenoxy) is 1. The predicted molar refractivity (Wildman–Crippen MR) is 118 cm³/mol. The highest BCUT2D eigenvalue weighted by atomic mass is 35.5. The van der Waals surface area contributed by atoms with Crippen LogP contribution in [-0.2, 0) is 0 Å². The molecule has 0 N–H and O–H groups in total. The number of nitrogens with zero attached hydrogens (tertiary/aromatic N) is 4. The first-order chi connectivity index (χ1) is 14.5. The maximum Gasteiger partial charge on any atom is 0.255 e. The molecule has 1 aliphatic rings. The van der Waals surface area contributed by atoms with E-state index in [4.69, 9.17) is 27.9 Å². The summed E-state index contributed by atoms with van der Waals surface area (Å²) in [4.78, 5) is 25.5. The summed E-state index contributed by atoms with van der Waals surface area (Å²) in [6.45, 7) is 3.89. The SMILES string of the molecule is CC1CN(c2cc(Oc3ccc(Cl)cc3)ncn2)CCN1C(=O)c1ccccc1Cl. The molecule has 4 rings (SSSR count). The highest BCUT2D eigenvalue weighted by molar-refractivity contribution is 6.33. The van der Waals surface area contributed by atoms with Crippen molar-refractivity contribution in [3.63, 3.8) is 0 Å². The third-order valence-corrected chi connectivity index (χ3v) is 5.56. The van der Waals surface area contributed by atoms with Gasteiger partial charge in [0.25, 0.3) is 5.91 Å². The van der Waals surface area contributed by atoms with E-state index in [1.807, 2.05) is 24.0 Å². The van der Waals surface area contributed by atoms with Crippen molar-refractivity contribution in [1.29, 1.82) is 0 Å². The van der Waals surface area contributed by atoms with E-state index in [0.717, 1.165) is 5.82 Å². The highest BCUT2D eigenvalue weighted by Crippen LogP contribution is 2.26. The summed E-state index contributed by atoms with van der Waals surface area (Å²) in [5, 5.41) is 1.11. The number of aromatic nitrogens is 2.